The monoisotopic (exact) mass is 446 g/mol. The molecule has 10 heteroatoms. The fourth-order valence-electron chi connectivity index (χ4n) is 3.47. The maximum atomic E-state index is 13.0. The van der Waals surface area contributed by atoms with Gasteiger partial charge < -0.3 is 9.84 Å². The van der Waals surface area contributed by atoms with Gasteiger partial charge in [0.25, 0.3) is 18.3 Å². The molecule has 2 aliphatic heterocycles. The van der Waals surface area contributed by atoms with E-state index in [1.807, 2.05) is 0 Å². The Bertz CT molecular complexity index is 1240. The highest BCUT2D eigenvalue weighted by Gasteiger charge is 2.36. The highest BCUT2D eigenvalue weighted by molar-refractivity contribution is 6.30. The lowest BCUT2D eigenvalue weighted by atomic mass is 9.98. The first-order valence-electron chi connectivity index (χ1n) is 9.85. The lowest BCUT2D eigenvalue weighted by Crippen LogP contribution is -2.27. The zero-order valence-corrected chi connectivity index (χ0v) is 17.6. The molecule has 1 atom stereocenters. The van der Waals surface area contributed by atoms with Crippen molar-refractivity contribution in [3.05, 3.63) is 65.7 Å². The number of carboxylic acids is 1. The first kappa shape index (κ1) is 21.6. The molecule has 0 bridgehead atoms. The fourth-order valence-corrected chi connectivity index (χ4v) is 3.47. The molecule has 166 valence electrons. The SMILES string of the molecule is CC1=NN(c2ccc(OC=O)cc2)C(=O)C1=CC1C(=O)N(c2ccc(C(=O)O)cc2)N=C1C. The van der Waals surface area contributed by atoms with Crippen molar-refractivity contribution in [2.24, 2.45) is 16.1 Å². The van der Waals surface area contributed by atoms with E-state index in [4.69, 9.17) is 9.84 Å². The van der Waals surface area contributed by atoms with Crippen LogP contribution in [-0.2, 0) is 14.4 Å². The van der Waals surface area contributed by atoms with E-state index in [1.54, 1.807) is 26.0 Å². The molecule has 1 unspecified atom stereocenters. The second kappa shape index (κ2) is 8.50. The number of carboxylic acid groups (broad SMARTS) is 1. The summed E-state index contributed by atoms with van der Waals surface area (Å²) in [6, 6.07) is 12.0. The number of anilines is 2. The minimum Gasteiger partial charge on any atom is -0.478 e. The van der Waals surface area contributed by atoms with Crippen LogP contribution in [0.1, 0.15) is 24.2 Å². The standard InChI is InChI=1S/C23H18N4O6/c1-13-19(21(29)26(24-13)16-5-3-15(4-6-16)23(31)32)11-20-14(2)25-27(22(20)30)17-7-9-18(10-8-17)33-12-28/h3-12,19H,1-2H3,(H,31,32). The maximum absolute atomic E-state index is 13.0. The van der Waals surface area contributed by atoms with Crippen molar-refractivity contribution in [1.82, 2.24) is 0 Å². The molecule has 1 N–H and O–H groups in total. The van der Waals surface area contributed by atoms with Crippen LogP contribution in [0.25, 0.3) is 0 Å². The van der Waals surface area contributed by atoms with Gasteiger partial charge in [-0.15, -0.1) is 0 Å². The van der Waals surface area contributed by atoms with Crippen molar-refractivity contribution in [1.29, 1.82) is 0 Å². The highest BCUT2D eigenvalue weighted by Crippen LogP contribution is 2.29. The molecule has 2 aromatic rings. The number of rotatable bonds is 6. The number of carbonyl (C=O) groups is 4. The number of hydrazone groups is 2. The van der Waals surface area contributed by atoms with Gasteiger partial charge in [-0.25, -0.2) is 4.79 Å². The van der Waals surface area contributed by atoms with E-state index in [9.17, 15) is 19.2 Å². The Kier molecular flexibility index (Phi) is 5.57. The number of hydrogen-bond acceptors (Lipinski definition) is 7. The molecule has 2 aromatic carbocycles. The van der Waals surface area contributed by atoms with E-state index < -0.39 is 17.8 Å². The number of hydrogen-bond donors (Lipinski definition) is 1. The molecule has 0 aromatic heterocycles. The van der Waals surface area contributed by atoms with Crippen LogP contribution in [0.15, 0.2) is 70.4 Å². The third kappa shape index (κ3) is 4.01. The van der Waals surface area contributed by atoms with Gasteiger partial charge in [-0.05, 0) is 62.4 Å². The molecule has 0 aliphatic carbocycles. The van der Waals surface area contributed by atoms with E-state index in [0.717, 1.165) is 0 Å². The average Bonchev–Trinajstić information content (AvgIpc) is 3.25. The van der Waals surface area contributed by atoms with Crippen molar-refractivity contribution in [2.75, 3.05) is 10.0 Å². The van der Waals surface area contributed by atoms with Crippen LogP contribution in [0, 0.1) is 5.92 Å². The van der Waals surface area contributed by atoms with Gasteiger partial charge in [0.15, 0.2) is 0 Å². The van der Waals surface area contributed by atoms with Crippen molar-refractivity contribution in [2.45, 2.75) is 13.8 Å². The largest absolute Gasteiger partial charge is 0.478 e. The van der Waals surface area contributed by atoms with Gasteiger partial charge >= 0.3 is 5.97 Å². The van der Waals surface area contributed by atoms with Gasteiger partial charge in [0.1, 0.15) is 5.75 Å². The number of amides is 2. The Labute approximate surface area is 188 Å². The van der Waals surface area contributed by atoms with E-state index >= 15 is 0 Å². The molecule has 4 rings (SSSR count). The van der Waals surface area contributed by atoms with E-state index in [-0.39, 0.29) is 17.0 Å². The second-order valence-corrected chi connectivity index (χ2v) is 7.31. The van der Waals surface area contributed by atoms with Crippen LogP contribution >= 0.6 is 0 Å². The van der Waals surface area contributed by atoms with Gasteiger partial charge in [0, 0.05) is 0 Å². The van der Waals surface area contributed by atoms with Gasteiger partial charge in [-0.3, -0.25) is 14.4 Å². The van der Waals surface area contributed by atoms with Crippen molar-refractivity contribution in [3.8, 4) is 5.75 Å². The predicted octanol–water partition coefficient (Wildman–Crippen LogP) is 2.61. The summed E-state index contributed by atoms with van der Waals surface area (Å²) in [4.78, 5) is 47.5. The van der Waals surface area contributed by atoms with Crippen LogP contribution < -0.4 is 14.8 Å². The molecule has 2 heterocycles. The number of benzene rings is 2. The van der Waals surface area contributed by atoms with E-state index in [0.29, 0.717) is 35.0 Å². The number of carbonyl (C=O) groups excluding carboxylic acids is 3. The summed E-state index contributed by atoms with van der Waals surface area (Å²) in [5.41, 5.74) is 2.21. The first-order chi connectivity index (χ1) is 15.8. The number of aromatic carboxylic acids is 1. The van der Waals surface area contributed by atoms with Crippen LogP contribution in [0.2, 0.25) is 0 Å². The summed E-state index contributed by atoms with van der Waals surface area (Å²) >= 11 is 0. The zero-order chi connectivity index (χ0) is 23.7. The van der Waals surface area contributed by atoms with Crippen LogP contribution in [-0.4, -0.2) is 40.8 Å². The molecular formula is C23H18N4O6. The second-order valence-electron chi connectivity index (χ2n) is 7.31. The van der Waals surface area contributed by atoms with Crippen molar-refractivity contribution in [3.63, 3.8) is 0 Å². The summed E-state index contributed by atoms with van der Waals surface area (Å²) < 4.78 is 4.75. The molecular weight excluding hydrogens is 428 g/mol. The summed E-state index contributed by atoms with van der Waals surface area (Å²) in [5.74, 6) is -2.27. The average molecular weight is 446 g/mol. The predicted molar refractivity (Wildman–Crippen MR) is 119 cm³/mol. The van der Waals surface area contributed by atoms with Crippen LogP contribution in [0.5, 0.6) is 5.75 Å². The number of ether oxygens (including phenoxy) is 1. The van der Waals surface area contributed by atoms with E-state index in [1.165, 1.54) is 52.5 Å². The Morgan fingerprint density at radius 2 is 1.58 bits per heavy atom. The third-order valence-electron chi connectivity index (χ3n) is 5.20. The van der Waals surface area contributed by atoms with Crippen molar-refractivity contribution >= 4 is 47.1 Å². The summed E-state index contributed by atoms with van der Waals surface area (Å²) in [6.45, 7) is 3.66. The molecule has 33 heavy (non-hydrogen) atoms. The lowest BCUT2D eigenvalue weighted by Gasteiger charge is -2.14. The van der Waals surface area contributed by atoms with Gasteiger partial charge in [-0.1, -0.05) is 6.08 Å². The third-order valence-corrected chi connectivity index (χ3v) is 5.20. The van der Waals surface area contributed by atoms with Gasteiger partial charge in [-0.2, -0.15) is 20.2 Å². The van der Waals surface area contributed by atoms with Gasteiger partial charge in [0.05, 0.1) is 39.9 Å². The quantitative estimate of drug-likeness (QED) is 0.536. The Hall–Kier alpha value is -4.60. The summed E-state index contributed by atoms with van der Waals surface area (Å²) in [6.07, 6.45) is 1.54. The first-order valence-corrected chi connectivity index (χ1v) is 9.85. The molecule has 2 amide bonds. The van der Waals surface area contributed by atoms with E-state index in [2.05, 4.69) is 10.2 Å². The van der Waals surface area contributed by atoms with Crippen LogP contribution in [0.3, 0.4) is 0 Å². The normalized spacial score (nSPS) is 19.1. The topological polar surface area (TPSA) is 129 Å². The smallest absolute Gasteiger partial charge is 0.335 e. The van der Waals surface area contributed by atoms with Crippen molar-refractivity contribution < 1.29 is 29.0 Å². The summed E-state index contributed by atoms with van der Waals surface area (Å²) in [7, 11) is 0. The molecule has 0 radical (unpaired) electrons. The molecule has 0 spiro atoms. The van der Waals surface area contributed by atoms with Gasteiger partial charge in [0.2, 0.25) is 0 Å². The Morgan fingerprint density at radius 1 is 0.970 bits per heavy atom. The molecule has 0 fully saturated rings. The van der Waals surface area contributed by atoms with Crippen LogP contribution in [0.4, 0.5) is 11.4 Å². The zero-order valence-electron chi connectivity index (χ0n) is 17.6. The minimum atomic E-state index is -1.07. The number of nitrogens with zero attached hydrogens (tertiary/aromatic N) is 4. The fraction of sp³-hybridized carbons (Fsp3) is 0.130. The Morgan fingerprint density at radius 3 is 2.18 bits per heavy atom. The molecule has 2 aliphatic rings. The molecule has 10 nitrogen and oxygen atoms in total. The lowest BCUT2D eigenvalue weighted by molar-refractivity contribution is -0.121. The molecule has 0 saturated carbocycles. The highest BCUT2D eigenvalue weighted by atomic mass is 16.5. The maximum Gasteiger partial charge on any atom is 0.335 e. The minimum absolute atomic E-state index is 0.0963. The molecule has 0 saturated heterocycles. The summed E-state index contributed by atoms with van der Waals surface area (Å²) in [5, 5.41) is 20.0. The Balaban J connectivity index is 1.56.